The number of nitrogen functional groups attached to an aromatic ring is 1. The number of nitrogens with one attached hydrogen (secondary N) is 1. The summed E-state index contributed by atoms with van der Waals surface area (Å²) in [5.74, 6) is 1.15. The van der Waals surface area contributed by atoms with Gasteiger partial charge >= 0.3 is 0 Å². The lowest BCUT2D eigenvalue weighted by Crippen LogP contribution is -2.48. The molecule has 0 saturated carbocycles. The van der Waals surface area contributed by atoms with Crippen LogP contribution in [0.2, 0.25) is 5.02 Å². The van der Waals surface area contributed by atoms with Crippen molar-refractivity contribution < 1.29 is 0 Å². The van der Waals surface area contributed by atoms with Crippen LogP contribution in [0, 0.1) is 11.8 Å². The lowest BCUT2D eigenvalue weighted by Gasteiger charge is -2.37. The topological polar surface area (TPSA) is 82.7 Å². The van der Waals surface area contributed by atoms with Gasteiger partial charge in [0.05, 0.1) is 28.3 Å². The second-order valence-electron chi connectivity index (χ2n) is 11.9. The molecule has 3 N–H and O–H groups in total. The highest BCUT2D eigenvalue weighted by molar-refractivity contribution is 6.36. The van der Waals surface area contributed by atoms with Crippen molar-refractivity contribution in [1.29, 1.82) is 0 Å². The maximum Gasteiger partial charge on any atom is 0.0903 e. The summed E-state index contributed by atoms with van der Waals surface area (Å²) in [6, 6.07) is 12.1. The highest BCUT2D eigenvalue weighted by atomic mass is 35.5. The molecule has 44 heavy (non-hydrogen) atoms. The Balaban J connectivity index is 1.39. The van der Waals surface area contributed by atoms with E-state index in [1.54, 1.807) is 0 Å². The van der Waals surface area contributed by atoms with Crippen LogP contribution in [0.4, 0.5) is 5.69 Å². The summed E-state index contributed by atoms with van der Waals surface area (Å²) in [7, 11) is 1.95. The minimum absolute atomic E-state index is 0.573. The molecule has 7 nitrogen and oxygen atoms in total. The lowest BCUT2D eigenvalue weighted by molar-refractivity contribution is 0.120. The number of hydrogen-bond donors (Lipinski definition) is 2. The van der Waals surface area contributed by atoms with E-state index >= 15 is 0 Å². The van der Waals surface area contributed by atoms with Gasteiger partial charge in [-0.05, 0) is 26.0 Å². The first-order chi connectivity index (χ1) is 21.3. The standard InChI is InChI=1S/C36H44ClN7/c1-6-25-18-43(19-25)22-27(16-39-5)40-15-24(4)28-11-9-13-30(36(28)38)29-12-10-14-31(35(29)37)33-17-41-34(32(8-3)42-33)23-44-20-26(7-2)21-44/h6-7,9-15,17,25-26,39H,1-2,8,16,18-23,38H2,3-5H3/b24-15+,40-27?. The Morgan fingerprint density at radius 1 is 1.02 bits per heavy atom. The zero-order valence-corrected chi connectivity index (χ0v) is 26.9. The quantitative estimate of drug-likeness (QED) is 0.133. The summed E-state index contributed by atoms with van der Waals surface area (Å²) in [6.45, 7) is 18.5. The van der Waals surface area contributed by atoms with E-state index in [2.05, 4.69) is 35.2 Å². The predicted molar refractivity (Wildman–Crippen MR) is 186 cm³/mol. The minimum Gasteiger partial charge on any atom is -0.398 e. The zero-order valence-electron chi connectivity index (χ0n) is 26.2. The number of rotatable bonds is 13. The van der Waals surface area contributed by atoms with Crippen LogP contribution in [0.1, 0.15) is 30.8 Å². The molecule has 5 rings (SSSR count). The average Bonchev–Trinajstić information content (AvgIpc) is 2.99. The summed E-state index contributed by atoms with van der Waals surface area (Å²) in [5, 5.41) is 3.85. The van der Waals surface area contributed by atoms with Gasteiger partial charge in [-0.25, -0.2) is 4.98 Å². The van der Waals surface area contributed by atoms with E-state index in [0.717, 1.165) is 103 Å². The van der Waals surface area contributed by atoms with Gasteiger partial charge in [-0.1, -0.05) is 67.1 Å². The van der Waals surface area contributed by atoms with Gasteiger partial charge < -0.3 is 11.1 Å². The van der Waals surface area contributed by atoms with Crippen LogP contribution >= 0.6 is 11.6 Å². The van der Waals surface area contributed by atoms with E-state index in [4.69, 9.17) is 32.3 Å². The number of aryl methyl sites for hydroxylation is 1. The second kappa shape index (κ2) is 14.4. The van der Waals surface area contributed by atoms with Gasteiger partial charge in [-0.2, -0.15) is 0 Å². The number of hydrogen-bond acceptors (Lipinski definition) is 7. The molecule has 0 radical (unpaired) electrons. The van der Waals surface area contributed by atoms with Gasteiger partial charge in [0.1, 0.15) is 0 Å². The highest BCUT2D eigenvalue weighted by Crippen LogP contribution is 2.40. The number of anilines is 1. The van der Waals surface area contributed by atoms with E-state index in [1.807, 2.05) is 74.9 Å². The van der Waals surface area contributed by atoms with E-state index < -0.39 is 0 Å². The van der Waals surface area contributed by atoms with Crippen molar-refractivity contribution >= 4 is 28.6 Å². The molecule has 0 unspecified atom stereocenters. The summed E-state index contributed by atoms with van der Waals surface area (Å²) in [4.78, 5) is 19.5. The first-order valence-electron chi connectivity index (χ1n) is 15.4. The van der Waals surface area contributed by atoms with E-state index in [0.29, 0.717) is 22.5 Å². The van der Waals surface area contributed by atoms with Crippen LogP contribution in [0.15, 0.2) is 79.1 Å². The molecule has 0 bridgehead atoms. The molecule has 2 aliphatic rings. The zero-order chi connectivity index (χ0) is 31.2. The van der Waals surface area contributed by atoms with Gasteiger partial charge in [0, 0.05) is 97.5 Å². The molecular formula is C36H44ClN7. The number of benzene rings is 2. The fourth-order valence-corrected chi connectivity index (χ4v) is 6.25. The van der Waals surface area contributed by atoms with Crippen LogP contribution in [0.3, 0.4) is 0 Å². The third-order valence-electron chi connectivity index (χ3n) is 8.60. The number of aromatic nitrogens is 2. The molecule has 0 aliphatic carbocycles. The van der Waals surface area contributed by atoms with Gasteiger partial charge in [0.25, 0.3) is 0 Å². The van der Waals surface area contributed by atoms with Crippen molar-refractivity contribution in [3.05, 3.63) is 96.1 Å². The Morgan fingerprint density at radius 3 is 2.36 bits per heavy atom. The maximum absolute atomic E-state index is 7.10. The molecule has 2 fully saturated rings. The molecule has 8 heteroatoms. The van der Waals surface area contributed by atoms with Gasteiger partial charge in [0.15, 0.2) is 0 Å². The molecule has 0 amide bonds. The number of nitrogens with two attached hydrogens (primary N) is 1. The largest absolute Gasteiger partial charge is 0.398 e. The summed E-state index contributed by atoms with van der Waals surface area (Å²) >= 11 is 7.10. The van der Waals surface area contributed by atoms with Crippen LogP contribution in [-0.4, -0.2) is 71.8 Å². The fraction of sp³-hybridized carbons (Fsp3) is 0.361. The summed E-state index contributed by atoms with van der Waals surface area (Å²) in [5.41, 5.74) is 15.9. The first kappa shape index (κ1) is 31.8. The smallest absolute Gasteiger partial charge is 0.0903 e. The first-order valence-corrected chi connectivity index (χ1v) is 15.8. The van der Waals surface area contributed by atoms with E-state index in [-0.39, 0.29) is 0 Å². The second-order valence-corrected chi connectivity index (χ2v) is 12.2. The molecular weight excluding hydrogens is 566 g/mol. The molecule has 230 valence electrons. The number of halogens is 1. The lowest BCUT2D eigenvalue weighted by atomic mass is 9.95. The van der Waals surface area contributed by atoms with Crippen LogP contribution in [-0.2, 0) is 13.0 Å². The number of para-hydroxylation sites is 1. The van der Waals surface area contributed by atoms with Gasteiger partial charge in [-0.3, -0.25) is 19.8 Å². The van der Waals surface area contributed by atoms with Crippen molar-refractivity contribution in [2.45, 2.75) is 26.8 Å². The van der Waals surface area contributed by atoms with Gasteiger partial charge in [0.2, 0.25) is 0 Å². The van der Waals surface area contributed by atoms with Gasteiger partial charge in [-0.15, -0.1) is 13.2 Å². The monoisotopic (exact) mass is 609 g/mol. The normalized spacial score (nSPS) is 16.9. The Hall–Kier alpha value is -3.62. The van der Waals surface area contributed by atoms with Crippen LogP contribution in [0.25, 0.3) is 28.0 Å². The van der Waals surface area contributed by atoms with Crippen LogP contribution < -0.4 is 11.1 Å². The predicted octanol–water partition coefficient (Wildman–Crippen LogP) is 6.37. The fourth-order valence-electron chi connectivity index (χ4n) is 5.93. The Morgan fingerprint density at radius 2 is 1.68 bits per heavy atom. The van der Waals surface area contributed by atoms with Crippen molar-refractivity contribution in [3.63, 3.8) is 0 Å². The molecule has 0 spiro atoms. The summed E-state index contributed by atoms with van der Waals surface area (Å²) in [6.07, 6.45) is 8.64. The molecule has 3 aromatic rings. The Kier molecular flexibility index (Phi) is 10.4. The SMILES string of the molecule is C=CC1CN(CC(CNC)=N/C=C(\C)c2cccc(-c3cccc(-c4cnc(CN5CC(C=C)C5)c(CC)n4)c3Cl)c2N)C1. The molecule has 2 saturated heterocycles. The van der Waals surface area contributed by atoms with Crippen molar-refractivity contribution in [2.24, 2.45) is 16.8 Å². The summed E-state index contributed by atoms with van der Waals surface area (Å²) < 4.78 is 0. The Bertz CT molecular complexity index is 1560. The van der Waals surface area contributed by atoms with Crippen molar-refractivity contribution in [2.75, 3.05) is 52.0 Å². The molecule has 2 aromatic carbocycles. The molecule has 3 heterocycles. The van der Waals surface area contributed by atoms with E-state index in [1.165, 1.54) is 0 Å². The maximum atomic E-state index is 7.10. The van der Waals surface area contributed by atoms with Crippen LogP contribution in [0.5, 0.6) is 0 Å². The third kappa shape index (κ3) is 7.02. The molecule has 0 atom stereocenters. The van der Waals surface area contributed by atoms with Crippen molar-refractivity contribution in [3.8, 4) is 22.4 Å². The third-order valence-corrected chi connectivity index (χ3v) is 9.01. The van der Waals surface area contributed by atoms with E-state index in [9.17, 15) is 0 Å². The number of allylic oxidation sites excluding steroid dienone is 1. The average molecular weight is 610 g/mol. The number of likely N-dealkylation sites (tertiary alicyclic amines) is 2. The van der Waals surface area contributed by atoms with Crippen molar-refractivity contribution in [1.82, 2.24) is 25.1 Å². The Labute approximate surface area is 267 Å². The molecule has 2 aliphatic heterocycles. The highest BCUT2D eigenvalue weighted by Gasteiger charge is 2.26. The minimum atomic E-state index is 0.573. The number of nitrogens with zero attached hydrogens (tertiary/aromatic N) is 5. The number of aliphatic imine (C=N–C) groups is 1. The molecule has 1 aromatic heterocycles.